The van der Waals surface area contributed by atoms with Gasteiger partial charge in [0.2, 0.25) is 0 Å². The Hall–Kier alpha value is -3.82. The van der Waals surface area contributed by atoms with Crippen LogP contribution in [-0.2, 0) is 10.0 Å². The number of carbonyl (C=O) groups is 1. The van der Waals surface area contributed by atoms with Crippen molar-refractivity contribution in [3.8, 4) is 0 Å². The third-order valence-corrected chi connectivity index (χ3v) is 8.55. The highest BCUT2D eigenvalue weighted by Gasteiger charge is 2.35. The van der Waals surface area contributed by atoms with Crippen molar-refractivity contribution in [2.45, 2.75) is 25.7 Å². The summed E-state index contributed by atoms with van der Waals surface area (Å²) < 4.78 is 35.1. The molecule has 5 rings (SSSR count). The SMILES string of the molecule is Cc1cc(C)c(S(=O)(=O)N(C(=O)c2cccnc2)c2cc3sc(=O)oc3c3ccccc23)cc1C. The summed E-state index contributed by atoms with van der Waals surface area (Å²) in [6.07, 6.45) is 2.84. The first-order valence-corrected chi connectivity index (χ1v) is 13.0. The van der Waals surface area contributed by atoms with Crippen molar-refractivity contribution in [2.75, 3.05) is 4.31 Å². The van der Waals surface area contributed by atoms with Crippen LogP contribution >= 0.6 is 11.3 Å². The topological polar surface area (TPSA) is 97.5 Å². The molecule has 0 aliphatic carbocycles. The fourth-order valence-electron chi connectivity index (χ4n) is 4.11. The van der Waals surface area contributed by atoms with E-state index in [-0.39, 0.29) is 16.1 Å². The molecule has 0 aliphatic rings. The molecule has 0 spiro atoms. The molecule has 0 atom stereocenters. The smallest absolute Gasteiger partial charge is 0.396 e. The number of carbonyl (C=O) groups excluding carboxylic acids is 1. The van der Waals surface area contributed by atoms with Gasteiger partial charge in [-0.2, -0.15) is 4.31 Å². The number of aromatic nitrogens is 1. The van der Waals surface area contributed by atoms with E-state index in [1.165, 1.54) is 24.5 Å². The van der Waals surface area contributed by atoms with Gasteiger partial charge in [-0.05, 0) is 61.7 Å². The van der Waals surface area contributed by atoms with Gasteiger partial charge in [-0.3, -0.25) is 9.78 Å². The third kappa shape index (κ3) is 3.82. The van der Waals surface area contributed by atoms with Crippen LogP contribution in [0, 0.1) is 20.8 Å². The lowest BCUT2D eigenvalue weighted by molar-refractivity contribution is 0.100. The molecule has 176 valence electrons. The Balaban J connectivity index is 1.87. The Morgan fingerprint density at radius 3 is 2.37 bits per heavy atom. The predicted molar refractivity (Wildman–Crippen MR) is 137 cm³/mol. The fourth-order valence-corrected chi connectivity index (χ4v) is 6.55. The van der Waals surface area contributed by atoms with Crippen LogP contribution in [0.4, 0.5) is 5.69 Å². The summed E-state index contributed by atoms with van der Waals surface area (Å²) in [6, 6.07) is 14.9. The maximum atomic E-state index is 14.2. The van der Waals surface area contributed by atoms with Gasteiger partial charge in [0.1, 0.15) is 0 Å². The lowest BCUT2D eigenvalue weighted by atomic mass is 10.1. The largest absolute Gasteiger partial charge is 0.413 e. The number of hydrogen-bond acceptors (Lipinski definition) is 7. The lowest BCUT2D eigenvalue weighted by Crippen LogP contribution is -2.37. The van der Waals surface area contributed by atoms with Crippen LogP contribution in [0.5, 0.6) is 0 Å². The van der Waals surface area contributed by atoms with Crippen LogP contribution in [0.1, 0.15) is 27.0 Å². The van der Waals surface area contributed by atoms with Crippen LogP contribution in [0.25, 0.3) is 21.1 Å². The highest BCUT2D eigenvalue weighted by molar-refractivity contribution is 7.93. The number of benzene rings is 3. The lowest BCUT2D eigenvalue weighted by Gasteiger charge is -2.25. The van der Waals surface area contributed by atoms with E-state index in [4.69, 9.17) is 4.42 Å². The van der Waals surface area contributed by atoms with Crippen molar-refractivity contribution in [1.82, 2.24) is 4.98 Å². The molecule has 7 nitrogen and oxygen atoms in total. The molecule has 3 aromatic carbocycles. The zero-order valence-electron chi connectivity index (χ0n) is 19.1. The van der Waals surface area contributed by atoms with Gasteiger partial charge >= 0.3 is 4.94 Å². The molecule has 9 heteroatoms. The summed E-state index contributed by atoms with van der Waals surface area (Å²) in [5.74, 6) is -0.754. The van der Waals surface area contributed by atoms with E-state index in [9.17, 15) is 18.0 Å². The second kappa shape index (κ2) is 8.44. The Morgan fingerprint density at radius 2 is 1.66 bits per heavy atom. The van der Waals surface area contributed by atoms with Gasteiger partial charge in [0.25, 0.3) is 15.9 Å². The van der Waals surface area contributed by atoms with Gasteiger partial charge in [-0.15, -0.1) is 0 Å². The molecule has 0 saturated heterocycles. The Labute approximate surface area is 205 Å². The van der Waals surface area contributed by atoms with E-state index < -0.39 is 20.9 Å². The Morgan fingerprint density at radius 1 is 0.943 bits per heavy atom. The van der Waals surface area contributed by atoms with Crippen LogP contribution < -0.4 is 9.24 Å². The number of sulfonamides is 1. The number of pyridine rings is 1. The molecule has 2 aromatic heterocycles. The Kier molecular flexibility index (Phi) is 5.53. The minimum absolute atomic E-state index is 0.0300. The molecule has 35 heavy (non-hydrogen) atoms. The van der Waals surface area contributed by atoms with E-state index in [1.54, 1.807) is 49.4 Å². The van der Waals surface area contributed by atoms with Crippen molar-refractivity contribution >= 4 is 54.0 Å². The Bertz CT molecular complexity index is 1790. The predicted octanol–water partition coefficient (Wildman–Crippen LogP) is 5.36. The summed E-state index contributed by atoms with van der Waals surface area (Å²) in [7, 11) is -4.37. The molecule has 1 amide bonds. The monoisotopic (exact) mass is 504 g/mol. The number of anilines is 1. The molecule has 0 bridgehead atoms. The highest BCUT2D eigenvalue weighted by atomic mass is 32.2. The molecular formula is C26H20N2O5S2. The summed E-state index contributed by atoms with van der Waals surface area (Å²) in [5.41, 5.74) is 2.86. The van der Waals surface area contributed by atoms with Gasteiger partial charge in [0.05, 0.1) is 20.8 Å². The summed E-state index contributed by atoms with van der Waals surface area (Å²) in [5, 5.41) is 0.998. The normalized spacial score (nSPS) is 11.7. The average molecular weight is 505 g/mol. The molecule has 0 radical (unpaired) electrons. The number of rotatable bonds is 4. The average Bonchev–Trinajstić information content (AvgIpc) is 3.22. The maximum Gasteiger partial charge on any atom is 0.396 e. The van der Waals surface area contributed by atoms with E-state index in [0.717, 1.165) is 26.8 Å². The van der Waals surface area contributed by atoms with E-state index in [0.29, 0.717) is 26.6 Å². The molecule has 0 unspecified atom stereocenters. The standard InChI is InChI=1S/C26H20N2O5S2/c1-15-11-17(3)23(12-16(15)2)35(31,32)28(25(29)18-7-6-10-27-14-18)21-13-22-24(33-26(30)34-22)20-9-5-4-8-19(20)21/h4-14H,1-3H3. The molecule has 0 saturated carbocycles. The first-order chi connectivity index (χ1) is 16.7. The van der Waals surface area contributed by atoms with Crippen molar-refractivity contribution in [2.24, 2.45) is 0 Å². The van der Waals surface area contributed by atoms with Gasteiger partial charge < -0.3 is 4.42 Å². The van der Waals surface area contributed by atoms with Crippen molar-refractivity contribution in [3.05, 3.63) is 99.0 Å². The zero-order chi connectivity index (χ0) is 24.9. The van der Waals surface area contributed by atoms with Crippen LogP contribution in [0.15, 0.2) is 81.1 Å². The van der Waals surface area contributed by atoms with E-state index in [1.807, 2.05) is 13.8 Å². The third-order valence-electron chi connectivity index (χ3n) is 5.94. The van der Waals surface area contributed by atoms with Gasteiger partial charge in [-0.25, -0.2) is 13.2 Å². The van der Waals surface area contributed by atoms with Crippen molar-refractivity contribution < 1.29 is 17.6 Å². The van der Waals surface area contributed by atoms with E-state index >= 15 is 0 Å². The zero-order valence-corrected chi connectivity index (χ0v) is 20.7. The quantitative estimate of drug-likeness (QED) is 0.327. The van der Waals surface area contributed by atoms with Gasteiger partial charge in [0, 0.05) is 23.2 Å². The molecular weight excluding hydrogens is 484 g/mol. The maximum absolute atomic E-state index is 14.2. The molecule has 2 heterocycles. The summed E-state index contributed by atoms with van der Waals surface area (Å²) in [4.78, 5) is 29.4. The number of hydrogen-bond donors (Lipinski definition) is 0. The number of aryl methyl sites for hydroxylation is 3. The van der Waals surface area contributed by atoms with Crippen LogP contribution in [-0.4, -0.2) is 19.3 Å². The van der Waals surface area contributed by atoms with E-state index in [2.05, 4.69) is 4.98 Å². The first kappa shape index (κ1) is 22.9. The highest BCUT2D eigenvalue weighted by Crippen LogP contribution is 2.39. The minimum Gasteiger partial charge on any atom is -0.413 e. The fraction of sp³-hybridized carbons (Fsp3) is 0.115. The first-order valence-electron chi connectivity index (χ1n) is 10.7. The number of amides is 1. The number of fused-ring (bicyclic) bond motifs is 3. The second-order valence-electron chi connectivity index (χ2n) is 8.24. The molecule has 0 N–H and O–H groups in total. The van der Waals surface area contributed by atoms with Crippen LogP contribution in [0.2, 0.25) is 0 Å². The van der Waals surface area contributed by atoms with Gasteiger partial charge in [0.15, 0.2) is 5.58 Å². The molecule has 0 fully saturated rings. The number of nitrogens with zero attached hydrogens (tertiary/aromatic N) is 2. The molecule has 0 aliphatic heterocycles. The van der Waals surface area contributed by atoms with Crippen LogP contribution in [0.3, 0.4) is 0 Å². The summed E-state index contributed by atoms with van der Waals surface area (Å²) >= 11 is 0.853. The van der Waals surface area contributed by atoms with Crippen molar-refractivity contribution in [1.29, 1.82) is 0 Å². The van der Waals surface area contributed by atoms with Crippen molar-refractivity contribution in [3.63, 3.8) is 0 Å². The minimum atomic E-state index is -4.37. The summed E-state index contributed by atoms with van der Waals surface area (Å²) in [6.45, 7) is 5.43. The molecule has 5 aromatic rings. The van der Waals surface area contributed by atoms with Gasteiger partial charge in [-0.1, -0.05) is 41.7 Å². The second-order valence-corrected chi connectivity index (χ2v) is 11.0.